The summed E-state index contributed by atoms with van der Waals surface area (Å²) in [5, 5.41) is 0. The third-order valence-corrected chi connectivity index (χ3v) is 2.63. The molecule has 0 saturated carbocycles. The lowest BCUT2D eigenvalue weighted by atomic mass is 10.1. The van der Waals surface area contributed by atoms with E-state index in [1.165, 1.54) is 0 Å². The third kappa shape index (κ3) is 6.45. The van der Waals surface area contributed by atoms with E-state index in [-0.39, 0.29) is 0 Å². The number of benzene rings is 2. The van der Waals surface area contributed by atoms with E-state index in [1.807, 2.05) is 48.5 Å². The third-order valence-electron chi connectivity index (χ3n) is 2.63. The zero-order chi connectivity index (χ0) is 15.5. The number of nitrogens with two attached hydrogens (primary N) is 2. The summed E-state index contributed by atoms with van der Waals surface area (Å²) in [7, 11) is 0. The molecular formula is C18H22N2O. The van der Waals surface area contributed by atoms with Gasteiger partial charge < -0.3 is 16.2 Å². The normalized spacial score (nSPS) is 9.33. The average Bonchev–Trinajstić information content (AvgIpc) is 2.50. The van der Waals surface area contributed by atoms with E-state index in [1.54, 1.807) is 12.2 Å². The van der Waals surface area contributed by atoms with Crippen LogP contribution < -0.4 is 11.5 Å². The SMILES string of the molecule is C=CCOCC=C.Nc1ccc(-c2ccc(N)cc2)cc1. The quantitative estimate of drug-likeness (QED) is 0.497. The fraction of sp³-hybridized carbons (Fsp3) is 0.111. The molecule has 4 N–H and O–H groups in total. The largest absolute Gasteiger partial charge is 0.399 e. The minimum Gasteiger partial charge on any atom is -0.399 e. The van der Waals surface area contributed by atoms with Gasteiger partial charge in [0, 0.05) is 11.4 Å². The Labute approximate surface area is 126 Å². The van der Waals surface area contributed by atoms with E-state index in [0.29, 0.717) is 13.2 Å². The molecule has 0 fully saturated rings. The van der Waals surface area contributed by atoms with Gasteiger partial charge in [-0.2, -0.15) is 0 Å². The van der Waals surface area contributed by atoms with Crippen LogP contribution in [0.1, 0.15) is 0 Å². The van der Waals surface area contributed by atoms with Gasteiger partial charge in [0.25, 0.3) is 0 Å². The van der Waals surface area contributed by atoms with Crippen LogP contribution >= 0.6 is 0 Å². The highest BCUT2D eigenvalue weighted by atomic mass is 16.5. The highest BCUT2D eigenvalue weighted by Crippen LogP contribution is 2.21. The first kappa shape index (κ1) is 16.5. The van der Waals surface area contributed by atoms with Crippen molar-refractivity contribution in [3.8, 4) is 11.1 Å². The standard InChI is InChI=1S/C12H12N2.C6H10O/c13-11-5-1-9(2-6-11)10-3-7-12(14)8-4-10;1-3-5-7-6-4-2/h1-8H,13-14H2;3-4H,1-2,5-6H2. The summed E-state index contributed by atoms with van der Waals surface area (Å²) in [5.74, 6) is 0. The number of ether oxygens (including phenoxy) is 1. The number of hydrogen-bond donors (Lipinski definition) is 2. The van der Waals surface area contributed by atoms with E-state index in [4.69, 9.17) is 16.2 Å². The van der Waals surface area contributed by atoms with Gasteiger partial charge in [-0.05, 0) is 35.4 Å². The highest BCUT2D eigenvalue weighted by Gasteiger charge is 1.95. The molecule has 0 unspecified atom stereocenters. The molecule has 3 nitrogen and oxygen atoms in total. The summed E-state index contributed by atoms with van der Waals surface area (Å²) in [5.41, 5.74) is 15.1. The predicted molar refractivity (Wildman–Crippen MR) is 91.9 cm³/mol. The lowest BCUT2D eigenvalue weighted by molar-refractivity contribution is 0.194. The van der Waals surface area contributed by atoms with Crippen LogP contribution in [-0.2, 0) is 4.74 Å². The minimum atomic E-state index is 0.617. The van der Waals surface area contributed by atoms with Crippen LogP contribution in [0.2, 0.25) is 0 Å². The van der Waals surface area contributed by atoms with E-state index in [0.717, 1.165) is 22.5 Å². The van der Waals surface area contributed by atoms with Crippen LogP contribution in [0.4, 0.5) is 11.4 Å². The molecule has 0 heterocycles. The molecular weight excluding hydrogens is 260 g/mol. The van der Waals surface area contributed by atoms with Gasteiger partial charge in [0.05, 0.1) is 13.2 Å². The van der Waals surface area contributed by atoms with Crippen molar-refractivity contribution >= 4 is 11.4 Å². The Hall–Kier alpha value is -2.52. The molecule has 110 valence electrons. The van der Waals surface area contributed by atoms with Crippen LogP contribution in [0.25, 0.3) is 11.1 Å². The van der Waals surface area contributed by atoms with Gasteiger partial charge in [-0.1, -0.05) is 36.4 Å². The van der Waals surface area contributed by atoms with Crippen molar-refractivity contribution < 1.29 is 4.74 Å². The van der Waals surface area contributed by atoms with Gasteiger partial charge in [0.1, 0.15) is 0 Å². The molecule has 0 bridgehead atoms. The Morgan fingerprint density at radius 1 is 0.714 bits per heavy atom. The molecule has 21 heavy (non-hydrogen) atoms. The molecule has 0 radical (unpaired) electrons. The van der Waals surface area contributed by atoms with E-state index in [2.05, 4.69) is 13.2 Å². The van der Waals surface area contributed by atoms with Crippen molar-refractivity contribution in [2.45, 2.75) is 0 Å². The second-order valence-electron chi connectivity index (χ2n) is 4.36. The number of rotatable bonds is 5. The monoisotopic (exact) mass is 282 g/mol. The van der Waals surface area contributed by atoms with Gasteiger partial charge in [-0.3, -0.25) is 0 Å². The Morgan fingerprint density at radius 2 is 1.05 bits per heavy atom. The Morgan fingerprint density at radius 3 is 1.33 bits per heavy atom. The molecule has 0 aliphatic rings. The maximum atomic E-state index is 5.61. The molecule has 0 atom stereocenters. The van der Waals surface area contributed by atoms with Crippen LogP contribution in [0.3, 0.4) is 0 Å². The van der Waals surface area contributed by atoms with Crippen molar-refractivity contribution in [2.24, 2.45) is 0 Å². The van der Waals surface area contributed by atoms with Crippen LogP contribution in [0.5, 0.6) is 0 Å². The fourth-order valence-corrected chi connectivity index (χ4v) is 1.59. The van der Waals surface area contributed by atoms with Crippen molar-refractivity contribution in [1.82, 2.24) is 0 Å². The first-order valence-electron chi connectivity index (χ1n) is 6.68. The topological polar surface area (TPSA) is 61.3 Å². The summed E-state index contributed by atoms with van der Waals surface area (Å²) in [4.78, 5) is 0. The molecule has 0 aliphatic heterocycles. The second-order valence-corrected chi connectivity index (χ2v) is 4.36. The zero-order valence-electron chi connectivity index (χ0n) is 12.2. The van der Waals surface area contributed by atoms with E-state index < -0.39 is 0 Å². The van der Waals surface area contributed by atoms with Crippen LogP contribution in [0, 0.1) is 0 Å². The van der Waals surface area contributed by atoms with Gasteiger partial charge >= 0.3 is 0 Å². The van der Waals surface area contributed by atoms with Crippen molar-refractivity contribution in [2.75, 3.05) is 24.7 Å². The molecule has 0 spiro atoms. The molecule has 0 amide bonds. The van der Waals surface area contributed by atoms with Crippen LogP contribution in [0.15, 0.2) is 73.8 Å². The predicted octanol–water partition coefficient (Wildman–Crippen LogP) is 3.89. The maximum absolute atomic E-state index is 5.61. The average molecular weight is 282 g/mol. The minimum absolute atomic E-state index is 0.617. The molecule has 0 aliphatic carbocycles. The Bertz CT molecular complexity index is 493. The summed E-state index contributed by atoms with van der Waals surface area (Å²) >= 11 is 0. The first-order chi connectivity index (χ1) is 10.2. The van der Waals surface area contributed by atoms with Crippen molar-refractivity contribution in [1.29, 1.82) is 0 Å². The number of anilines is 2. The summed E-state index contributed by atoms with van der Waals surface area (Å²) in [6.45, 7) is 8.18. The summed E-state index contributed by atoms with van der Waals surface area (Å²) in [6, 6.07) is 15.6. The molecule has 0 aromatic heterocycles. The number of hydrogen-bond acceptors (Lipinski definition) is 3. The molecule has 0 saturated heterocycles. The lowest BCUT2D eigenvalue weighted by Crippen LogP contribution is -1.87. The lowest BCUT2D eigenvalue weighted by Gasteiger charge is -2.02. The van der Waals surface area contributed by atoms with Gasteiger partial charge in [0.15, 0.2) is 0 Å². The maximum Gasteiger partial charge on any atom is 0.0649 e. The van der Waals surface area contributed by atoms with Gasteiger partial charge in [0.2, 0.25) is 0 Å². The second kappa shape index (κ2) is 9.39. The van der Waals surface area contributed by atoms with Gasteiger partial charge in [-0.25, -0.2) is 0 Å². The Kier molecular flexibility index (Phi) is 7.40. The highest BCUT2D eigenvalue weighted by molar-refractivity contribution is 5.67. The smallest absolute Gasteiger partial charge is 0.0649 e. The number of nitrogen functional groups attached to an aromatic ring is 2. The molecule has 2 aromatic rings. The van der Waals surface area contributed by atoms with Crippen molar-refractivity contribution in [3.63, 3.8) is 0 Å². The first-order valence-corrected chi connectivity index (χ1v) is 6.68. The van der Waals surface area contributed by atoms with Crippen molar-refractivity contribution in [3.05, 3.63) is 73.8 Å². The molecule has 2 aromatic carbocycles. The molecule has 3 heteroatoms. The molecule has 2 rings (SSSR count). The van der Waals surface area contributed by atoms with Crippen LogP contribution in [-0.4, -0.2) is 13.2 Å². The van der Waals surface area contributed by atoms with Gasteiger partial charge in [-0.15, -0.1) is 13.2 Å². The fourth-order valence-electron chi connectivity index (χ4n) is 1.59. The zero-order valence-corrected chi connectivity index (χ0v) is 12.2. The van der Waals surface area contributed by atoms with E-state index >= 15 is 0 Å². The summed E-state index contributed by atoms with van der Waals surface area (Å²) < 4.78 is 4.90. The van der Waals surface area contributed by atoms with E-state index in [9.17, 15) is 0 Å². The summed E-state index contributed by atoms with van der Waals surface area (Å²) in [6.07, 6.45) is 3.42. The Balaban J connectivity index is 0.000000270.